The fraction of sp³-hybridized carbons (Fsp3) is 0. The molecule has 0 fully saturated rings. The van der Waals surface area contributed by atoms with Crippen molar-refractivity contribution in [3.63, 3.8) is 0 Å². The minimum atomic E-state index is -0.500. The molecule has 0 radical (unpaired) electrons. The summed E-state index contributed by atoms with van der Waals surface area (Å²) in [5.41, 5.74) is 4.40. The van der Waals surface area contributed by atoms with Crippen LogP contribution in [0.15, 0.2) is 0 Å². The van der Waals surface area contributed by atoms with E-state index in [0.29, 0.717) is 0 Å². The van der Waals surface area contributed by atoms with Crippen molar-refractivity contribution in [1.29, 1.82) is 0 Å². The van der Waals surface area contributed by atoms with Gasteiger partial charge >= 0.3 is 37.7 Å². The third kappa shape index (κ3) is 47.7. The van der Waals surface area contributed by atoms with Crippen LogP contribution in [0.5, 0.6) is 0 Å². The molecule has 3 N–H and O–H groups in total. The number of rotatable bonds is 0. The van der Waals surface area contributed by atoms with Gasteiger partial charge in [-0.3, -0.25) is 0 Å². The van der Waals surface area contributed by atoms with Crippen LogP contribution in [-0.2, 0) is 0 Å². The van der Waals surface area contributed by atoms with E-state index >= 15 is 0 Å². The van der Waals surface area contributed by atoms with Crippen molar-refractivity contribution in [1.82, 2.24) is 0 Å². The number of hydrogen-bond acceptors (Lipinski definition) is 1. The Bertz CT molecular complexity index is 34.6. The summed E-state index contributed by atoms with van der Waals surface area (Å²) in [6.07, 6.45) is 0. The summed E-state index contributed by atoms with van der Waals surface area (Å²) in [5.74, 6) is 0. The van der Waals surface area contributed by atoms with Gasteiger partial charge in [-0.1, -0.05) is 0 Å². The topological polar surface area (TPSA) is 46.2 Å². The molecule has 0 rings (SSSR count). The van der Waals surface area contributed by atoms with Crippen LogP contribution in [0.3, 0.4) is 0 Å². The van der Waals surface area contributed by atoms with Crippen molar-refractivity contribution in [2.24, 2.45) is 5.73 Å². The Kier molecular flexibility index (Phi) is 9.25. The van der Waals surface area contributed by atoms with Gasteiger partial charge in [0, 0.05) is 0 Å². The first-order valence-electron chi connectivity index (χ1n) is 0.716. The Hall–Kier alpha value is 0.950. The molecule has 2 nitrogen and oxygen atoms in total. The summed E-state index contributed by atoms with van der Waals surface area (Å²) in [5, 5.41) is 7.06. The monoisotopic (exact) mass is 119 g/mol. The van der Waals surface area contributed by atoms with Crippen molar-refractivity contribution in [3.05, 3.63) is 0 Å². The summed E-state index contributed by atoms with van der Waals surface area (Å²) in [4.78, 5) is 0. The molecule has 0 heterocycles. The summed E-state index contributed by atoms with van der Waals surface area (Å²) in [6.45, 7) is 0. The van der Waals surface area contributed by atoms with E-state index in [1.807, 2.05) is 0 Å². The van der Waals surface area contributed by atoms with Gasteiger partial charge in [-0.05, 0) is 12.2 Å². The number of thiocarbonyl (C=S) groups is 1. The fourth-order valence-corrected chi connectivity index (χ4v) is 0. The average Bonchev–Trinajstić information content (AvgIpc) is 0.811. The van der Waals surface area contributed by atoms with Gasteiger partial charge in [0.15, 0.2) is 0 Å². The average molecular weight is 119 g/mol. The van der Waals surface area contributed by atoms with E-state index in [1.165, 1.54) is 0 Å². The molecule has 0 atom stereocenters. The van der Waals surface area contributed by atoms with Crippen molar-refractivity contribution in [2.75, 3.05) is 0 Å². The quantitative estimate of drug-likeness (QED) is 0.313. The van der Waals surface area contributed by atoms with Gasteiger partial charge in [0.05, 0.1) is 0 Å². The van der Waals surface area contributed by atoms with Crippen molar-refractivity contribution in [2.45, 2.75) is 0 Å². The molecule has 0 spiro atoms. The molecule has 0 aromatic heterocycles. The fourth-order valence-electron chi connectivity index (χ4n) is 0. The van der Waals surface area contributed by atoms with Crippen LogP contribution in [-0.4, -0.2) is 48.0 Å². The number of nitrogens with two attached hydrogens (primary N) is 1. The second kappa shape index (κ2) is 4.95. The SMILES string of the molecule is NC(O)=S.[CaH2]. The molecule has 0 saturated carbocycles. The Morgan fingerprint density at radius 2 is 1.80 bits per heavy atom. The maximum absolute atomic E-state index is 7.56. The molecular formula is CH5CaNOS. The molecule has 0 aromatic rings. The van der Waals surface area contributed by atoms with Gasteiger partial charge < -0.3 is 10.8 Å². The first kappa shape index (κ1) is 9.34. The van der Waals surface area contributed by atoms with E-state index in [9.17, 15) is 0 Å². The van der Waals surface area contributed by atoms with Gasteiger partial charge in [-0.25, -0.2) is 0 Å². The Morgan fingerprint density at radius 1 is 1.80 bits per heavy atom. The van der Waals surface area contributed by atoms with E-state index in [1.54, 1.807) is 0 Å². The van der Waals surface area contributed by atoms with Crippen molar-refractivity contribution < 1.29 is 5.11 Å². The first-order valence-corrected chi connectivity index (χ1v) is 1.12. The van der Waals surface area contributed by atoms with E-state index in [0.717, 1.165) is 0 Å². The van der Waals surface area contributed by atoms with E-state index < -0.39 is 5.17 Å². The maximum atomic E-state index is 7.56. The van der Waals surface area contributed by atoms with Crippen LogP contribution in [0.25, 0.3) is 0 Å². The number of hydrogen-bond donors (Lipinski definition) is 2. The predicted molar refractivity (Wildman–Crippen MR) is 28.0 cm³/mol. The van der Waals surface area contributed by atoms with Crippen LogP contribution in [0.1, 0.15) is 0 Å². The van der Waals surface area contributed by atoms with Crippen molar-refractivity contribution in [3.8, 4) is 0 Å². The van der Waals surface area contributed by atoms with Gasteiger partial charge in [0.25, 0.3) is 5.17 Å². The molecule has 0 aromatic carbocycles. The molecule has 0 unspecified atom stereocenters. The Morgan fingerprint density at radius 3 is 1.80 bits per heavy atom. The molecule has 0 aliphatic rings. The number of aliphatic hydroxyl groups is 1. The van der Waals surface area contributed by atoms with Gasteiger partial charge in [-0.2, -0.15) is 0 Å². The summed E-state index contributed by atoms with van der Waals surface area (Å²) in [6, 6.07) is 0. The normalized spacial score (nSPS) is 4.80. The third-order valence-electron chi connectivity index (χ3n) is 0. The number of aliphatic hydroxyl groups excluding tert-OH is 1. The Balaban J connectivity index is 0. The van der Waals surface area contributed by atoms with Crippen molar-refractivity contribution >= 4 is 55.1 Å². The summed E-state index contributed by atoms with van der Waals surface area (Å²) >= 11 is 3.87. The first-order chi connectivity index (χ1) is 1.73. The molecule has 0 bridgehead atoms. The van der Waals surface area contributed by atoms with E-state index in [4.69, 9.17) is 5.11 Å². The zero-order valence-corrected chi connectivity index (χ0v) is 2.75. The van der Waals surface area contributed by atoms with Gasteiger partial charge in [0.2, 0.25) is 0 Å². The van der Waals surface area contributed by atoms with E-state index in [2.05, 4.69) is 18.0 Å². The Labute approximate surface area is 65.3 Å². The zero-order valence-electron chi connectivity index (χ0n) is 1.93. The molecular weight excluding hydrogens is 114 g/mol. The zero-order chi connectivity index (χ0) is 3.58. The van der Waals surface area contributed by atoms with Crippen LogP contribution >= 0.6 is 12.2 Å². The molecule has 0 aliphatic carbocycles. The van der Waals surface area contributed by atoms with Crippen LogP contribution in [0.4, 0.5) is 0 Å². The van der Waals surface area contributed by atoms with Crippen LogP contribution < -0.4 is 5.73 Å². The second-order valence-corrected chi connectivity index (χ2v) is 0.757. The molecule has 4 heteroatoms. The van der Waals surface area contributed by atoms with Crippen LogP contribution in [0, 0.1) is 0 Å². The van der Waals surface area contributed by atoms with E-state index in [-0.39, 0.29) is 37.7 Å². The molecule has 28 valence electrons. The second-order valence-electron chi connectivity index (χ2n) is 0.338. The summed E-state index contributed by atoms with van der Waals surface area (Å²) in [7, 11) is 0. The third-order valence-corrected chi connectivity index (χ3v) is 0. The van der Waals surface area contributed by atoms with Gasteiger partial charge in [-0.15, -0.1) is 0 Å². The molecule has 0 aliphatic heterocycles. The molecule has 0 saturated heterocycles. The predicted octanol–water partition coefficient (Wildman–Crippen LogP) is -1.13. The minimum absolute atomic E-state index is 0. The van der Waals surface area contributed by atoms with Gasteiger partial charge in [0.1, 0.15) is 0 Å². The standard InChI is InChI=1S/CH3NOS.Ca.2H/c2-1(3)4;;;/h(H3,2,3,4);;;. The molecule has 5 heavy (non-hydrogen) atoms. The molecule has 0 amide bonds. The van der Waals surface area contributed by atoms with Crippen LogP contribution in [0.2, 0.25) is 0 Å². The summed E-state index contributed by atoms with van der Waals surface area (Å²) < 4.78 is 0.